The molecule has 35 heavy (non-hydrogen) atoms. The van der Waals surface area contributed by atoms with Crippen molar-refractivity contribution in [1.29, 1.82) is 0 Å². The zero-order valence-electron chi connectivity index (χ0n) is 19.2. The van der Waals surface area contributed by atoms with E-state index >= 15 is 0 Å². The SMILES string of the molecule is Cc1ccc(NC(=O)COc2ccccc2/C=C2/C(=O)NC(=S)N(c3ccccc3)C2=O)c(C)c1. The second-order valence-electron chi connectivity index (χ2n) is 7.99. The summed E-state index contributed by atoms with van der Waals surface area (Å²) in [7, 11) is 0. The van der Waals surface area contributed by atoms with Crippen LogP contribution in [0.1, 0.15) is 16.7 Å². The molecule has 3 amide bonds. The Morgan fingerprint density at radius 2 is 1.74 bits per heavy atom. The summed E-state index contributed by atoms with van der Waals surface area (Å²) in [5, 5.41) is 5.40. The number of thiocarbonyl (C=S) groups is 1. The minimum atomic E-state index is -0.602. The van der Waals surface area contributed by atoms with Crippen LogP contribution in [-0.2, 0) is 14.4 Å². The average molecular weight is 486 g/mol. The van der Waals surface area contributed by atoms with E-state index < -0.39 is 11.8 Å². The molecule has 0 radical (unpaired) electrons. The third-order valence-corrected chi connectivity index (χ3v) is 5.63. The van der Waals surface area contributed by atoms with Crippen molar-refractivity contribution in [2.75, 3.05) is 16.8 Å². The molecule has 1 fully saturated rings. The first-order chi connectivity index (χ1) is 16.8. The molecule has 7 nitrogen and oxygen atoms in total. The monoisotopic (exact) mass is 485 g/mol. The van der Waals surface area contributed by atoms with E-state index in [1.807, 2.05) is 38.1 Å². The van der Waals surface area contributed by atoms with Gasteiger partial charge in [0.1, 0.15) is 11.3 Å². The van der Waals surface area contributed by atoms with Crippen LogP contribution in [0.2, 0.25) is 0 Å². The van der Waals surface area contributed by atoms with Crippen molar-refractivity contribution < 1.29 is 19.1 Å². The van der Waals surface area contributed by atoms with Crippen LogP contribution in [0, 0.1) is 13.8 Å². The highest BCUT2D eigenvalue weighted by atomic mass is 32.1. The lowest BCUT2D eigenvalue weighted by Crippen LogP contribution is -2.54. The van der Waals surface area contributed by atoms with Crippen molar-refractivity contribution in [2.24, 2.45) is 0 Å². The van der Waals surface area contributed by atoms with E-state index in [1.54, 1.807) is 48.5 Å². The summed E-state index contributed by atoms with van der Waals surface area (Å²) in [5.41, 5.74) is 3.68. The summed E-state index contributed by atoms with van der Waals surface area (Å²) in [6, 6.07) is 21.4. The van der Waals surface area contributed by atoms with Gasteiger partial charge in [0.2, 0.25) is 0 Å². The molecule has 3 aromatic rings. The van der Waals surface area contributed by atoms with Gasteiger partial charge in [-0.2, -0.15) is 0 Å². The van der Waals surface area contributed by atoms with Crippen molar-refractivity contribution in [1.82, 2.24) is 5.32 Å². The molecule has 3 aromatic carbocycles. The average Bonchev–Trinajstić information content (AvgIpc) is 2.83. The molecule has 1 aliphatic heterocycles. The second-order valence-corrected chi connectivity index (χ2v) is 8.37. The van der Waals surface area contributed by atoms with Crippen molar-refractivity contribution >= 4 is 52.5 Å². The summed E-state index contributed by atoms with van der Waals surface area (Å²) in [6.45, 7) is 3.66. The topological polar surface area (TPSA) is 87.7 Å². The maximum absolute atomic E-state index is 13.2. The Bertz CT molecular complexity index is 1350. The van der Waals surface area contributed by atoms with E-state index in [4.69, 9.17) is 17.0 Å². The number of nitrogens with zero attached hydrogens (tertiary/aromatic N) is 1. The fraction of sp³-hybridized carbons (Fsp3) is 0.111. The number of carbonyl (C=O) groups is 3. The number of ether oxygens (including phenoxy) is 1. The number of rotatable bonds is 6. The number of benzene rings is 3. The van der Waals surface area contributed by atoms with Gasteiger partial charge in [-0.05, 0) is 62.0 Å². The molecule has 1 heterocycles. The first kappa shape index (κ1) is 23.8. The van der Waals surface area contributed by atoms with Gasteiger partial charge >= 0.3 is 0 Å². The van der Waals surface area contributed by atoms with Gasteiger partial charge in [0.25, 0.3) is 17.7 Å². The van der Waals surface area contributed by atoms with Gasteiger partial charge in [-0.15, -0.1) is 0 Å². The minimum absolute atomic E-state index is 0.0101. The van der Waals surface area contributed by atoms with E-state index in [0.717, 1.165) is 11.1 Å². The molecule has 0 atom stereocenters. The van der Waals surface area contributed by atoms with Gasteiger partial charge in [0, 0.05) is 11.3 Å². The van der Waals surface area contributed by atoms with Crippen LogP contribution < -0.4 is 20.3 Å². The number of nitrogens with one attached hydrogen (secondary N) is 2. The van der Waals surface area contributed by atoms with E-state index in [9.17, 15) is 14.4 Å². The molecule has 0 aromatic heterocycles. The summed E-state index contributed by atoms with van der Waals surface area (Å²) < 4.78 is 5.74. The highest BCUT2D eigenvalue weighted by Gasteiger charge is 2.34. The Labute approximate surface area is 208 Å². The first-order valence-corrected chi connectivity index (χ1v) is 11.3. The quantitative estimate of drug-likeness (QED) is 0.311. The Balaban J connectivity index is 1.53. The second kappa shape index (κ2) is 10.3. The van der Waals surface area contributed by atoms with Crippen LogP contribution >= 0.6 is 12.2 Å². The Morgan fingerprint density at radius 3 is 2.49 bits per heavy atom. The zero-order valence-corrected chi connectivity index (χ0v) is 20.0. The number of para-hydroxylation sites is 2. The molecule has 0 unspecified atom stereocenters. The Hall–Kier alpha value is -4.30. The van der Waals surface area contributed by atoms with Gasteiger partial charge in [-0.3, -0.25) is 24.6 Å². The summed E-state index contributed by atoms with van der Waals surface area (Å²) in [5.74, 6) is -1.12. The van der Waals surface area contributed by atoms with Crippen molar-refractivity contribution in [3.63, 3.8) is 0 Å². The van der Waals surface area contributed by atoms with Crippen LogP contribution in [0.3, 0.4) is 0 Å². The summed E-state index contributed by atoms with van der Waals surface area (Å²) in [6.07, 6.45) is 1.44. The van der Waals surface area contributed by atoms with Crippen molar-refractivity contribution in [3.8, 4) is 5.75 Å². The van der Waals surface area contributed by atoms with E-state index in [0.29, 0.717) is 22.7 Å². The fourth-order valence-corrected chi connectivity index (χ4v) is 3.92. The molecule has 0 spiro atoms. The molecule has 8 heteroatoms. The summed E-state index contributed by atoms with van der Waals surface area (Å²) in [4.78, 5) is 39.5. The Morgan fingerprint density at radius 1 is 1.03 bits per heavy atom. The predicted octanol–water partition coefficient (Wildman–Crippen LogP) is 4.15. The molecule has 0 aliphatic carbocycles. The molecular formula is C27H23N3O4S. The van der Waals surface area contributed by atoms with Gasteiger partial charge in [-0.25, -0.2) is 0 Å². The highest BCUT2D eigenvalue weighted by molar-refractivity contribution is 7.80. The third-order valence-electron chi connectivity index (χ3n) is 5.35. The number of carbonyl (C=O) groups excluding carboxylic acids is 3. The number of hydrogen-bond donors (Lipinski definition) is 2. The standard InChI is InChI=1S/C27H23N3O4S/c1-17-12-13-22(18(2)14-17)28-24(31)16-34-23-11-7-6-8-19(23)15-21-25(32)29-27(35)30(26(21)33)20-9-4-3-5-10-20/h3-15H,16H2,1-2H3,(H,28,31)(H,29,32,35)/b21-15-. The normalized spacial score (nSPS) is 14.6. The maximum Gasteiger partial charge on any atom is 0.270 e. The third kappa shape index (κ3) is 5.44. The Kier molecular flexibility index (Phi) is 7.03. The molecule has 4 rings (SSSR count). The van der Waals surface area contributed by atoms with Crippen LogP contribution in [0.15, 0.2) is 78.4 Å². The zero-order chi connectivity index (χ0) is 24.9. The lowest BCUT2D eigenvalue weighted by atomic mass is 10.1. The van der Waals surface area contributed by atoms with Gasteiger partial charge in [0.05, 0.1) is 5.69 Å². The molecule has 1 saturated heterocycles. The van der Waals surface area contributed by atoms with Crippen LogP contribution in [0.5, 0.6) is 5.75 Å². The van der Waals surface area contributed by atoms with Gasteiger partial charge in [0.15, 0.2) is 11.7 Å². The van der Waals surface area contributed by atoms with Crippen LogP contribution in [-0.4, -0.2) is 29.4 Å². The minimum Gasteiger partial charge on any atom is -0.483 e. The molecule has 2 N–H and O–H groups in total. The molecule has 0 saturated carbocycles. The van der Waals surface area contributed by atoms with Gasteiger partial charge in [-0.1, -0.05) is 54.1 Å². The highest BCUT2D eigenvalue weighted by Crippen LogP contribution is 2.25. The number of anilines is 2. The number of aryl methyl sites for hydroxylation is 2. The van der Waals surface area contributed by atoms with Crippen LogP contribution in [0.4, 0.5) is 11.4 Å². The smallest absolute Gasteiger partial charge is 0.270 e. The van der Waals surface area contributed by atoms with Crippen LogP contribution in [0.25, 0.3) is 6.08 Å². The number of amides is 3. The number of hydrogen-bond acceptors (Lipinski definition) is 5. The molecular weight excluding hydrogens is 462 g/mol. The first-order valence-electron chi connectivity index (χ1n) is 10.9. The van der Waals surface area contributed by atoms with E-state index in [1.165, 1.54) is 11.0 Å². The van der Waals surface area contributed by atoms with E-state index in [2.05, 4.69) is 10.6 Å². The van der Waals surface area contributed by atoms with Gasteiger partial charge < -0.3 is 10.1 Å². The van der Waals surface area contributed by atoms with Crippen molar-refractivity contribution in [2.45, 2.75) is 13.8 Å². The molecule has 1 aliphatic rings. The van der Waals surface area contributed by atoms with Crippen molar-refractivity contribution in [3.05, 3.63) is 95.1 Å². The predicted molar refractivity (Wildman–Crippen MR) is 139 cm³/mol. The fourth-order valence-electron chi connectivity index (χ4n) is 3.64. The lowest BCUT2D eigenvalue weighted by molar-refractivity contribution is -0.122. The van der Waals surface area contributed by atoms with E-state index in [-0.39, 0.29) is 23.2 Å². The molecule has 0 bridgehead atoms. The summed E-state index contributed by atoms with van der Waals surface area (Å²) >= 11 is 5.22. The largest absolute Gasteiger partial charge is 0.483 e. The lowest BCUT2D eigenvalue weighted by Gasteiger charge is -2.28. The maximum atomic E-state index is 13.2. The molecule has 176 valence electrons.